The zero-order valence-corrected chi connectivity index (χ0v) is 20.4. The maximum atomic E-state index is 14.2. The molecule has 0 saturated carbocycles. The van der Waals surface area contributed by atoms with Gasteiger partial charge in [0.05, 0.1) is 5.56 Å². The Morgan fingerprint density at radius 2 is 1.42 bits per heavy atom. The van der Waals surface area contributed by atoms with Gasteiger partial charge >= 0.3 is 41.7 Å². The molecule has 0 aliphatic heterocycles. The first kappa shape index (κ1) is 32.0. The number of rotatable bonds is 8. The summed E-state index contributed by atoms with van der Waals surface area (Å²) in [5.74, 6) is -42.2. The highest BCUT2D eigenvalue weighted by Gasteiger charge is 2.91. The van der Waals surface area contributed by atoms with Crippen molar-refractivity contribution in [2.75, 3.05) is 5.32 Å². The van der Waals surface area contributed by atoms with Gasteiger partial charge in [-0.3, -0.25) is 4.79 Å². The molecule has 0 saturated heterocycles. The molecule has 1 aromatic rings. The Bertz CT molecular complexity index is 1120. The van der Waals surface area contributed by atoms with E-state index in [2.05, 4.69) is 0 Å². The predicted octanol–water partition coefficient (Wildman–Crippen LogP) is 7.84. The highest BCUT2D eigenvalue weighted by molar-refractivity contribution is 7.16. The molecule has 1 aliphatic rings. The molecule has 0 spiro atoms. The largest absolute Gasteiger partial charge is 0.460 e. The molecule has 38 heavy (non-hydrogen) atoms. The molecule has 1 unspecified atom stereocenters. The molecular weight excluding hydrogens is 575 g/mol. The van der Waals surface area contributed by atoms with Crippen LogP contribution in [0.1, 0.15) is 49.6 Å². The van der Waals surface area contributed by atoms with Crippen LogP contribution in [0.5, 0.6) is 0 Å². The lowest BCUT2D eigenvalue weighted by Gasteiger charge is -2.39. The number of nitriles is 1. The zero-order valence-electron chi connectivity index (χ0n) is 19.6. The summed E-state index contributed by atoms with van der Waals surface area (Å²) in [7, 11) is 0. The number of nitrogens with one attached hydrogen (secondary N) is 1. The summed E-state index contributed by atoms with van der Waals surface area (Å²) in [4.78, 5) is 12.3. The summed E-state index contributed by atoms with van der Waals surface area (Å²) in [6, 6.07) is 1.53. The average Bonchev–Trinajstić information content (AvgIpc) is 3.13. The Labute approximate surface area is 211 Å². The van der Waals surface area contributed by atoms with Crippen LogP contribution in [-0.4, -0.2) is 41.7 Å². The number of carbonyl (C=O) groups excluding carboxylic acids is 1. The second-order valence-electron chi connectivity index (χ2n) is 9.43. The maximum Gasteiger partial charge on any atom is 0.460 e. The standard InChI is InChI=1S/C21H19F13N2OS/c1-4-15(2,3)9-5-6-10-11(8-35)13(38-12(10)7-9)36-14(37)16(22,23)17(24,25)18(26,27)19(28,29)20(30,31)21(32,33)34/h9H,4-7H2,1-3H3,(H,36,37). The van der Waals surface area contributed by atoms with E-state index in [0.29, 0.717) is 29.1 Å². The molecule has 1 aromatic heterocycles. The number of hydrogen-bond acceptors (Lipinski definition) is 3. The number of hydrogen-bond donors (Lipinski definition) is 1. The molecule has 1 N–H and O–H groups in total. The van der Waals surface area contributed by atoms with Crippen molar-refractivity contribution >= 4 is 22.2 Å². The number of amides is 1. The third-order valence-corrected chi connectivity index (χ3v) is 8.01. The van der Waals surface area contributed by atoms with Crippen molar-refractivity contribution in [1.29, 1.82) is 5.26 Å². The van der Waals surface area contributed by atoms with E-state index in [4.69, 9.17) is 0 Å². The number of halogens is 13. The minimum Gasteiger partial charge on any atom is -0.311 e. The Hall–Kier alpha value is -2.25. The SMILES string of the molecule is CCC(C)(C)C1CCc2c(sc(NC(=O)C(F)(F)C(F)(F)C(F)(F)C(F)(F)C(F)(F)C(F)(F)F)c2C#N)C1. The third-order valence-electron chi connectivity index (χ3n) is 6.84. The first-order valence-corrected chi connectivity index (χ1v) is 11.5. The molecule has 1 atom stereocenters. The van der Waals surface area contributed by atoms with Crippen LogP contribution in [0.3, 0.4) is 0 Å². The molecule has 17 heteroatoms. The van der Waals surface area contributed by atoms with Gasteiger partial charge in [0.2, 0.25) is 0 Å². The van der Waals surface area contributed by atoms with Crippen LogP contribution in [0.15, 0.2) is 0 Å². The van der Waals surface area contributed by atoms with Crippen molar-refractivity contribution in [2.45, 2.75) is 82.2 Å². The van der Waals surface area contributed by atoms with Crippen molar-refractivity contribution in [3.8, 4) is 6.07 Å². The normalized spacial score (nSPS) is 18.1. The topological polar surface area (TPSA) is 52.9 Å². The van der Waals surface area contributed by atoms with Gasteiger partial charge in [0, 0.05) is 4.88 Å². The molecule has 0 fully saturated rings. The summed E-state index contributed by atoms with van der Waals surface area (Å²) >= 11 is 0.456. The summed E-state index contributed by atoms with van der Waals surface area (Å²) in [5.41, 5.74) is -0.485. The minimum absolute atomic E-state index is 0.00394. The molecule has 1 heterocycles. The quantitative estimate of drug-likeness (QED) is 0.312. The highest BCUT2D eigenvalue weighted by atomic mass is 32.1. The monoisotopic (exact) mass is 594 g/mol. The maximum absolute atomic E-state index is 14.2. The van der Waals surface area contributed by atoms with Crippen molar-refractivity contribution in [3.05, 3.63) is 16.0 Å². The summed E-state index contributed by atoms with van der Waals surface area (Å²) in [6.45, 7) is 5.73. The van der Waals surface area contributed by atoms with Gasteiger partial charge in [-0.2, -0.15) is 62.3 Å². The zero-order chi connectivity index (χ0) is 29.9. The van der Waals surface area contributed by atoms with Crippen LogP contribution in [0, 0.1) is 22.7 Å². The molecule has 2 rings (SSSR count). The lowest BCUT2D eigenvalue weighted by atomic mass is 9.69. The van der Waals surface area contributed by atoms with Crippen LogP contribution < -0.4 is 5.32 Å². The van der Waals surface area contributed by atoms with E-state index in [9.17, 15) is 67.1 Å². The van der Waals surface area contributed by atoms with Crippen LogP contribution in [0.25, 0.3) is 0 Å². The van der Waals surface area contributed by atoms with Gasteiger partial charge in [0.15, 0.2) is 0 Å². The van der Waals surface area contributed by atoms with E-state index in [-0.39, 0.29) is 29.7 Å². The molecule has 1 amide bonds. The fraction of sp³-hybridized carbons (Fsp3) is 0.714. The Morgan fingerprint density at radius 3 is 1.87 bits per heavy atom. The molecule has 216 valence electrons. The van der Waals surface area contributed by atoms with Crippen LogP contribution >= 0.6 is 11.3 Å². The van der Waals surface area contributed by atoms with E-state index in [1.54, 1.807) is 0 Å². The van der Waals surface area contributed by atoms with Crippen molar-refractivity contribution in [1.82, 2.24) is 0 Å². The second kappa shape index (κ2) is 9.44. The van der Waals surface area contributed by atoms with Gasteiger partial charge in [0.25, 0.3) is 0 Å². The number of anilines is 1. The van der Waals surface area contributed by atoms with Gasteiger partial charge in [-0.25, -0.2) is 0 Å². The van der Waals surface area contributed by atoms with Crippen molar-refractivity contribution < 1.29 is 61.9 Å². The third kappa shape index (κ3) is 4.60. The number of thiophene rings is 1. The molecule has 1 aliphatic carbocycles. The Morgan fingerprint density at radius 1 is 0.921 bits per heavy atom. The number of fused-ring (bicyclic) bond motifs is 1. The van der Waals surface area contributed by atoms with Crippen LogP contribution in [0.2, 0.25) is 0 Å². The summed E-state index contributed by atoms with van der Waals surface area (Å²) in [5, 5.41) is 9.61. The molecular formula is C21H19F13N2OS. The molecule has 0 bridgehead atoms. The number of alkyl halides is 13. The fourth-order valence-corrected chi connectivity index (χ4v) is 5.11. The minimum atomic E-state index is -8.10. The highest BCUT2D eigenvalue weighted by Crippen LogP contribution is 2.60. The Balaban J connectivity index is 2.46. The van der Waals surface area contributed by atoms with E-state index in [1.807, 2.05) is 20.8 Å². The first-order valence-electron chi connectivity index (χ1n) is 10.7. The average molecular weight is 594 g/mol. The van der Waals surface area contributed by atoms with Crippen LogP contribution in [0.4, 0.5) is 62.1 Å². The van der Waals surface area contributed by atoms with Gasteiger partial charge in [-0.15, -0.1) is 11.3 Å². The van der Waals surface area contributed by atoms with E-state index in [0.717, 1.165) is 5.32 Å². The lowest BCUT2D eigenvalue weighted by molar-refractivity contribution is -0.435. The van der Waals surface area contributed by atoms with Crippen molar-refractivity contribution in [2.24, 2.45) is 11.3 Å². The smallest absolute Gasteiger partial charge is 0.311 e. The van der Waals surface area contributed by atoms with Crippen molar-refractivity contribution in [3.63, 3.8) is 0 Å². The fourth-order valence-electron chi connectivity index (χ4n) is 3.84. The van der Waals surface area contributed by atoms with Gasteiger partial charge in [-0.1, -0.05) is 27.2 Å². The first-order chi connectivity index (χ1) is 16.8. The van der Waals surface area contributed by atoms with E-state index >= 15 is 0 Å². The molecule has 0 aromatic carbocycles. The molecule has 3 nitrogen and oxygen atoms in total. The predicted molar refractivity (Wildman–Crippen MR) is 108 cm³/mol. The van der Waals surface area contributed by atoms with Gasteiger partial charge in [-0.05, 0) is 36.2 Å². The van der Waals surface area contributed by atoms with E-state index in [1.165, 1.54) is 6.07 Å². The van der Waals surface area contributed by atoms with Gasteiger partial charge < -0.3 is 5.32 Å². The number of nitrogens with zero attached hydrogens (tertiary/aromatic N) is 1. The Kier molecular flexibility index (Phi) is 7.94. The summed E-state index contributed by atoms with van der Waals surface area (Å²) in [6.07, 6.45) is -5.90. The second-order valence-corrected chi connectivity index (χ2v) is 10.5. The van der Waals surface area contributed by atoms with Crippen LogP contribution in [-0.2, 0) is 17.6 Å². The number of carbonyl (C=O) groups is 1. The summed E-state index contributed by atoms with van der Waals surface area (Å²) < 4.78 is 173. The molecule has 0 radical (unpaired) electrons. The lowest BCUT2D eigenvalue weighted by Crippen LogP contribution is -2.71. The van der Waals surface area contributed by atoms with Gasteiger partial charge in [0.1, 0.15) is 11.1 Å². The van der Waals surface area contributed by atoms with E-state index < -0.39 is 52.3 Å².